The van der Waals surface area contributed by atoms with Crippen LogP contribution in [0.5, 0.6) is 0 Å². The number of ether oxygens (including phenoxy) is 2. The fourth-order valence-corrected chi connectivity index (χ4v) is 2.41. The largest absolute Gasteiger partial charge is 0.456 e. The lowest BCUT2D eigenvalue weighted by atomic mass is 10.1. The molecule has 0 fully saturated rings. The minimum absolute atomic E-state index is 0.123. The highest BCUT2D eigenvalue weighted by atomic mass is 16.5. The Bertz CT molecular complexity index is 1030. The van der Waals surface area contributed by atoms with Crippen molar-refractivity contribution in [3.63, 3.8) is 0 Å². The summed E-state index contributed by atoms with van der Waals surface area (Å²) in [4.78, 5) is 39.3. The molecule has 0 aliphatic carbocycles. The topological polar surface area (TPSA) is 108 Å². The summed E-state index contributed by atoms with van der Waals surface area (Å²) in [5, 5.41) is 3.11. The number of hydrogen-bond donors (Lipinski definition) is 1. The van der Waals surface area contributed by atoms with Gasteiger partial charge in [-0.05, 0) is 31.2 Å². The van der Waals surface area contributed by atoms with Crippen molar-refractivity contribution in [2.24, 2.45) is 0 Å². The van der Waals surface area contributed by atoms with Crippen LogP contribution in [0.4, 0.5) is 10.5 Å². The van der Waals surface area contributed by atoms with Crippen LogP contribution in [-0.4, -0.2) is 23.7 Å². The van der Waals surface area contributed by atoms with Gasteiger partial charge in [-0.2, -0.15) is 0 Å². The van der Waals surface area contributed by atoms with Crippen LogP contribution in [-0.2, 0) is 16.1 Å². The van der Waals surface area contributed by atoms with Crippen LogP contribution in [0.1, 0.15) is 23.0 Å². The normalized spacial score (nSPS) is 10.4. The third-order valence-corrected chi connectivity index (χ3v) is 3.58. The van der Waals surface area contributed by atoms with Crippen molar-refractivity contribution in [3.05, 3.63) is 70.3 Å². The molecule has 2 aromatic heterocycles. The fraction of sp³-hybridized carbons (Fsp3) is 0.158. The van der Waals surface area contributed by atoms with E-state index in [2.05, 4.69) is 10.3 Å². The molecule has 0 bridgehead atoms. The van der Waals surface area contributed by atoms with E-state index in [4.69, 9.17) is 13.9 Å². The zero-order valence-electron chi connectivity index (χ0n) is 14.4. The SMILES string of the molecule is CCOC(=O)Nc1ccc2c(COC(=O)c3ccccn3)cc(=O)oc2c1. The monoisotopic (exact) mass is 368 g/mol. The molecular formula is C19H16N2O6. The molecule has 0 aliphatic rings. The summed E-state index contributed by atoms with van der Waals surface area (Å²) in [6, 6.07) is 10.9. The van der Waals surface area contributed by atoms with Crippen molar-refractivity contribution >= 4 is 28.7 Å². The van der Waals surface area contributed by atoms with Crippen LogP contribution in [0.3, 0.4) is 0 Å². The maximum atomic E-state index is 12.0. The molecule has 8 nitrogen and oxygen atoms in total. The van der Waals surface area contributed by atoms with Gasteiger partial charge in [0.25, 0.3) is 0 Å². The minimum Gasteiger partial charge on any atom is -0.456 e. The molecule has 27 heavy (non-hydrogen) atoms. The number of rotatable bonds is 5. The summed E-state index contributed by atoms with van der Waals surface area (Å²) in [5.74, 6) is -0.599. The van der Waals surface area contributed by atoms with E-state index in [1.54, 1.807) is 31.2 Å². The van der Waals surface area contributed by atoms with Gasteiger partial charge < -0.3 is 13.9 Å². The fourth-order valence-electron chi connectivity index (χ4n) is 2.41. The average Bonchev–Trinajstić information content (AvgIpc) is 2.66. The van der Waals surface area contributed by atoms with E-state index in [9.17, 15) is 14.4 Å². The maximum Gasteiger partial charge on any atom is 0.411 e. The van der Waals surface area contributed by atoms with E-state index in [1.807, 2.05) is 0 Å². The van der Waals surface area contributed by atoms with E-state index in [0.717, 1.165) is 0 Å². The van der Waals surface area contributed by atoms with Crippen LogP contribution in [0.15, 0.2) is 57.9 Å². The molecule has 0 radical (unpaired) electrons. The first kappa shape index (κ1) is 18.1. The smallest absolute Gasteiger partial charge is 0.411 e. The Labute approximate surface area is 153 Å². The highest BCUT2D eigenvalue weighted by Crippen LogP contribution is 2.22. The molecule has 3 aromatic rings. The third-order valence-electron chi connectivity index (χ3n) is 3.58. The Kier molecular flexibility index (Phi) is 5.46. The van der Waals surface area contributed by atoms with Gasteiger partial charge >= 0.3 is 17.7 Å². The molecule has 0 saturated heterocycles. The first-order chi connectivity index (χ1) is 13.1. The first-order valence-electron chi connectivity index (χ1n) is 8.15. The number of anilines is 1. The number of benzene rings is 1. The zero-order chi connectivity index (χ0) is 19.2. The first-order valence-corrected chi connectivity index (χ1v) is 8.15. The predicted octanol–water partition coefficient (Wildman–Crippen LogP) is 3.11. The molecule has 0 unspecified atom stereocenters. The quantitative estimate of drug-likeness (QED) is 0.544. The lowest BCUT2D eigenvalue weighted by Gasteiger charge is -2.09. The summed E-state index contributed by atoms with van der Waals surface area (Å²) < 4.78 is 15.2. The second kappa shape index (κ2) is 8.13. The number of nitrogens with one attached hydrogen (secondary N) is 1. The molecule has 1 N–H and O–H groups in total. The number of carbonyl (C=O) groups excluding carboxylic acids is 2. The lowest BCUT2D eigenvalue weighted by molar-refractivity contribution is 0.0467. The Hall–Kier alpha value is -3.68. The van der Waals surface area contributed by atoms with Crippen LogP contribution in [0, 0.1) is 0 Å². The zero-order valence-corrected chi connectivity index (χ0v) is 14.4. The molecule has 1 amide bonds. The van der Waals surface area contributed by atoms with Crippen molar-refractivity contribution in [2.75, 3.05) is 11.9 Å². The molecule has 3 rings (SSSR count). The summed E-state index contributed by atoms with van der Waals surface area (Å²) in [6.07, 6.45) is 0.876. The number of carbonyl (C=O) groups is 2. The second-order valence-corrected chi connectivity index (χ2v) is 5.44. The Morgan fingerprint density at radius 2 is 2.00 bits per heavy atom. The van der Waals surface area contributed by atoms with E-state index in [-0.39, 0.29) is 24.5 Å². The molecule has 1 aromatic carbocycles. The average molecular weight is 368 g/mol. The summed E-state index contributed by atoms with van der Waals surface area (Å²) in [7, 11) is 0. The number of nitrogens with zero attached hydrogens (tertiary/aromatic N) is 1. The van der Waals surface area contributed by atoms with Crippen molar-refractivity contribution < 1.29 is 23.5 Å². The summed E-state index contributed by atoms with van der Waals surface area (Å²) in [6.45, 7) is 1.81. The van der Waals surface area contributed by atoms with Gasteiger partial charge in [-0.15, -0.1) is 0 Å². The Morgan fingerprint density at radius 1 is 1.15 bits per heavy atom. The number of aromatic nitrogens is 1. The number of amides is 1. The van der Waals surface area contributed by atoms with Gasteiger partial charge in [0, 0.05) is 35.0 Å². The van der Waals surface area contributed by atoms with Gasteiger partial charge in [0.15, 0.2) is 0 Å². The number of hydrogen-bond acceptors (Lipinski definition) is 7. The molecule has 138 valence electrons. The van der Waals surface area contributed by atoms with Crippen LogP contribution >= 0.6 is 0 Å². The molecule has 0 aliphatic heterocycles. The van der Waals surface area contributed by atoms with E-state index >= 15 is 0 Å². The van der Waals surface area contributed by atoms with Gasteiger partial charge in [-0.3, -0.25) is 5.32 Å². The maximum absolute atomic E-state index is 12.0. The highest BCUT2D eigenvalue weighted by molar-refractivity contribution is 5.90. The van der Waals surface area contributed by atoms with E-state index in [0.29, 0.717) is 16.6 Å². The van der Waals surface area contributed by atoms with Crippen molar-refractivity contribution in [1.82, 2.24) is 4.98 Å². The Balaban J connectivity index is 1.82. The van der Waals surface area contributed by atoms with Crippen LogP contribution < -0.4 is 10.9 Å². The highest BCUT2D eigenvalue weighted by Gasteiger charge is 2.12. The van der Waals surface area contributed by atoms with Crippen molar-refractivity contribution in [3.8, 4) is 0 Å². The molecule has 0 atom stereocenters. The molecule has 0 saturated carbocycles. The Morgan fingerprint density at radius 3 is 2.74 bits per heavy atom. The minimum atomic E-state index is -0.611. The van der Waals surface area contributed by atoms with Gasteiger partial charge in [0.2, 0.25) is 0 Å². The van der Waals surface area contributed by atoms with Gasteiger partial charge in [-0.25, -0.2) is 19.4 Å². The standard InChI is InChI=1S/C19H16N2O6/c1-2-25-19(24)21-13-6-7-14-12(9-17(22)27-16(14)10-13)11-26-18(23)15-5-3-4-8-20-15/h3-10H,2,11H2,1H3,(H,21,24). The number of pyridine rings is 1. The number of esters is 1. The summed E-state index contributed by atoms with van der Waals surface area (Å²) in [5.41, 5.74) is 0.714. The molecular weight excluding hydrogens is 352 g/mol. The summed E-state index contributed by atoms with van der Waals surface area (Å²) >= 11 is 0. The van der Waals surface area contributed by atoms with Crippen molar-refractivity contribution in [2.45, 2.75) is 13.5 Å². The van der Waals surface area contributed by atoms with Crippen LogP contribution in [0.25, 0.3) is 11.0 Å². The third kappa shape index (κ3) is 4.49. The van der Waals surface area contributed by atoms with Crippen LogP contribution in [0.2, 0.25) is 0 Å². The van der Waals surface area contributed by atoms with Gasteiger partial charge in [0.1, 0.15) is 17.9 Å². The van der Waals surface area contributed by atoms with Gasteiger partial charge in [-0.1, -0.05) is 6.07 Å². The van der Waals surface area contributed by atoms with E-state index in [1.165, 1.54) is 24.4 Å². The van der Waals surface area contributed by atoms with E-state index < -0.39 is 17.7 Å². The molecule has 0 spiro atoms. The molecule has 8 heteroatoms. The second-order valence-electron chi connectivity index (χ2n) is 5.44. The molecule has 2 heterocycles. The predicted molar refractivity (Wildman–Crippen MR) is 96.5 cm³/mol. The van der Waals surface area contributed by atoms with Gasteiger partial charge in [0.05, 0.1) is 6.61 Å². The van der Waals surface area contributed by atoms with Crippen molar-refractivity contribution in [1.29, 1.82) is 0 Å². The lowest BCUT2D eigenvalue weighted by Crippen LogP contribution is -2.13. The number of fused-ring (bicyclic) bond motifs is 1.